The molecular weight excluding hydrogens is 256 g/mol. The van der Waals surface area contributed by atoms with Crippen LogP contribution >= 0.6 is 0 Å². The number of amides is 3. The molecule has 3 amide bonds. The van der Waals surface area contributed by atoms with E-state index in [1.54, 1.807) is 0 Å². The highest BCUT2D eigenvalue weighted by molar-refractivity contribution is 5.96. The van der Waals surface area contributed by atoms with Crippen molar-refractivity contribution < 1.29 is 9.59 Å². The van der Waals surface area contributed by atoms with E-state index in [9.17, 15) is 9.59 Å². The maximum atomic E-state index is 11.8. The molecule has 1 aliphatic rings. The second-order valence-corrected chi connectivity index (χ2v) is 5.67. The van der Waals surface area contributed by atoms with E-state index in [-0.39, 0.29) is 11.9 Å². The second kappa shape index (κ2) is 8.21. The number of hydrogen-bond acceptors (Lipinski definition) is 4. The summed E-state index contributed by atoms with van der Waals surface area (Å²) in [6.07, 6.45) is 3.38. The van der Waals surface area contributed by atoms with E-state index in [0.29, 0.717) is 12.0 Å². The number of piperidine rings is 1. The summed E-state index contributed by atoms with van der Waals surface area (Å²) in [7, 11) is 0. The van der Waals surface area contributed by atoms with Crippen LogP contribution in [0.5, 0.6) is 0 Å². The number of primary amides is 1. The highest BCUT2D eigenvalue weighted by atomic mass is 16.2. The molecule has 0 aromatic heterocycles. The zero-order chi connectivity index (χ0) is 15.1. The van der Waals surface area contributed by atoms with E-state index < -0.39 is 6.03 Å². The standard InChI is InChI=1S/C14H28N4O2/c1-4-7-16-10(2)12-6-5-8-18(9-12)11(3)13(19)17-14(15)20/h10-12,16H,4-9H2,1-3H3,(H3,15,17,19,20). The summed E-state index contributed by atoms with van der Waals surface area (Å²) in [5.41, 5.74) is 4.99. The normalized spacial score (nSPS) is 23.1. The number of nitrogens with two attached hydrogens (primary N) is 1. The van der Waals surface area contributed by atoms with E-state index in [4.69, 9.17) is 5.73 Å². The maximum Gasteiger partial charge on any atom is 0.318 e. The van der Waals surface area contributed by atoms with Crippen molar-refractivity contribution in [2.75, 3.05) is 19.6 Å². The van der Waals surface area contributed by atoms with Gasteiger partial charge < -0.3 is 11.1 Å². The fraction of sp³-hybridized carbons (Fsp3) is 0.857. The van der Waals surface area contributed by atoms with Gasteiger partial charge in [0, 0.05) is 12.6 Å². The number of urea groups is 1. The van der Waals surface area contributed by atoms with Crippen LogP contribution in [0, 0.1) is 5.92 Å². The SMILES string of the molecule is CCCNC(C)C1CCCN(C(C)C(=O)NC(N)=O)C1. The summed E-state index contributed by atoms with van der Waals surface area (Å²) in [6, 6.07) is -0.652. The largest absolute Gasteiger partial charge is 0.351 e. The first kappa shape index (κ1) is 16.9. The molecule has 1 aliphatic heterocycles. The highest BCUT2D eigenvalue weighted by Gasteiger charge is 2.30. The summed E-state index contributed by atoms with van der Waals surface area (Å²) in [4.78, 5) is 24.7. The molecule has 20 heavy (non-hydrogen) atoms. The monoisotopic (exact) mass is 284 g/mol. The third kappa shape index (κ3) is 5.09. The summed E-state index contributed by atoms with van der Waals surface area (Å²) >= 11 is 0. The average molecular weight is 284 g/mol. The molecule has 0 aliphatic carbocycles. The highest BCUT2D eigenvalue weighted by Crippen LogP contribution is 2.21. The Morgan fingerprint density at radius 3 is 2.70 bits per heavy atom. The smallest absolute Gasteiger partial charge is 0.318 e. The van der Waals surface area contributed by atoms with Gasteiger partial charge in [0.15, 0.2) is 0 Å². The minimum atomic E-state index is -0.784. The summed E-state index contributed by atoms with van der Waals surface area (Å²) in [5.74, 6) is 0.228. The lowest BCUT2D eigenvalue weighted by molar-refractivity contribution is -0.125. The van der Waals surface area contributed by atoms with Gasteiger partial charge in [-0.25, -0.2) is 4.79 Å². The minimum Gasteiger partial charge on any atom is -0.351 e. The molecule has 0 spiro atoms. The van der Waals surface area contributed by atoms with Crippen molar-refractivity contribution in [3.63, 3.8) is 0 Å². The minimum absolute atomic E-state index is 0.313. The molecular formula is C14H28N4O2. The third-order valence-corrected chi connectivity index (χ3v) is 4.09. The van der Waals surface area contributed by atoms with Crippen molar-refractivity contribution >= 4 is 11.9 Å². The number of imide groups is 1. The Morgan fingerprint density at radius 2 is 2.10 bits per heavy atom. The van der Waals surface area contributed by atoms with Crippen molar-refractivity contribution in [2.45, 2.75) is 52.1 Å². The second-order valence-electron chi connectivity index (χ2n) is 5.67. The quantitative estimate of drug-likeness (QED) is 0.669. The number of carbonyl (C=O) groups is 2. The molecule has 6 heteroatoms. The molecule has 3 unspecified atom stereocenters. The molecule has 3 atom stereocenters. The average Bonchev–Trinajstić information content (AvgIpc) is 2.43. The molecule has 1 rings (SSSR count). The van der Waals surface area contributed by atoms with Gasteiger partial charge in [-0.2, -0.15) is 0 Å². The van der Waals surface area contributed by atoms with Gasteiger partial charge in [0.2, 0.25) is 5.91 Å². The molecule has 116 valence electrons. The van der Waals surface area contributed by atoms with Gasteiger partial charge in [-0.3, -0.25) is 15.0 Å². The van der Waals surface area contributed by atoms with Crippen molar-refractivity contribution in [3.05, 3.63) is 0 Å². The van der Waals surface area contributed by atoms with Crippen LogP contribution in [0.4, 0.5) is 4.79 Å². The molecule has 0 saturated carbocycles. The number of nitrogens with zero attached hydrogens (tertiary/aromatic N) is 1. The van der Waals surface area contributed by atoms with Crippen molar-refractivity contribution in [1.82, 2.24) is 15.5 Å². The molecule has 0 aromatic rings. The summed E-state index contributed by atoms with van der Waals surface area (Å²) < 4.78 is 0. The van der Waals surface area contributed by atoms with E-state index >= 15 is 0 Å². The molecule has 1 saturated heterocycles. The Balaban J connectivity index is 2.51. The molecule has 0 radical (unpaired) electrons. The van der Waals surface area contributed by atoms with Crippen molar-refractivity contribution in [1.29, 1.82) is 0 Å². The van der Waals surface area contributed by atoms with Crippen LogP contribution in [0.25, 0.3) is 0 Å². The Labute approximate surface area is 121 Å². The summed E-state index contributed by atoms with van der Waals surface area (Å²) in [5, 5.41) is 5.68. The number of rotatable bonds is 6. The van der Waals surface area contributed by atoms with Crippen molar-refractivity contribution in [3.8, 4) is 0 Å². The van der Waals surface area contributed by atoms with Gasteiger partial charge in [-0.05, 0) is 52.1 Å². The Kier molecular flexibility index (Phi) is 6.95. The predicted octanol–water partition coefficient (Wildman–Crippen LogP) is 0.670. The van der Waals surface area contributed by atoms with Gasteiger partial charge >= 0.3 is 6.03 Å². The molecule has 0 aromatic carbocycles. The van der Waals surface area contributed by atoms with E-state index in [1.165, 1.54) is 6.42 Å². The van der Waals surface area contributed by atoms with Crippen LogP contribution in [-0.4, -0.2) is 48.6 Å². The molecule has 4 N–H and O–H groups in total. The Morgan fingerprint density at radius 1 is 1.40 bits per heavy atom. The molecule has 6 nitrogen and oxygen atoms in total. The van der Waals surface area contributed by atoms with Crippen LogP contribution in [0.2, 0.25) is 0 Å². The van der Waals surface area contributed by atoms with Crippen LogP contribution in [-0.2, 0) is 4.79 Å². The van der Waals surface area contributed by atoms with Crippen LogP contribution in [0.1, 0.15) is 40.0 Å². The van der Waals surface area contributed by atoms with E-state index in [1.807, 2.05) is 6.92 Å². The zero-order valence-electron chi connectivity index (χ0n) is 12.8. The number of likely N-dealkylation sites (tertiary alicyclic amines) is 1. The lowest BCUT2D eigenvalue weighted by Crippen LogP contribution is -2.53. The van der Waals surface area contributed by atoms with Gasteiger partial charge in [-0.15, -0.1) is 0 Å². The first-order valence-electron chi connectivity index (χ1n) is 7.53. The van der Waals surface area contributed by atoms with Gasteiger partial charge in [0.25, 0.3) is 0 Å². The summed E-state index contributed by atoms with van der Waals surface area (Å²) in [6.45, 7) is 8.98. The van der Waals surface area contributed by atoms with Gasteiger partial charge in [-0.1, -0.05) is 6.92 Å². The van der Waals surface area contributed by atoms with Crippen LogP contribution in [0.3, 0.4) is 0 Å². The van der Waals surface area contributed by atoms with Crippen LogP contribution in [0.15, 0.2) is 0 Å². The maximum absolute atomic E-state index is 11.8. The number of carbonyl (C=O) groups excluding carboxylic acids is 2. The molecule has 0 bridgehead atoms. The number of nitrogens with one attached hydrogen (secondary N) is 2. The van der Waals surface area contributed by atoms with Crippen LogP contribution < -0.4 is 16.4 Å². The predicted molar refractivity (Wildman–Crippen MR) is 79.2 cm³/mol. The van der Waals surface area contributed by atoms with Gasteiger partial charge in [0.05, 0.1) is 6.04 Å². The number of hydrogen-bond donors (Lipinski definition) is 3. The molecule has 1 fully saturated rings. The van der Waals surface area contributed by atoms with E-state index in [0.717, 1.165) is 32.5 Å². The molecule has 1 heterocycles. The topological polar surface area (TPSA) is 87.5 Å². The first-order valence-corrected chi connectivity index (χ1v) is 7.53. The van der Waals surface area contributed by atoms with Crippen molar-refractivity contribution in [2.24, 2.45) is 11.7 Å². The fourth-order valence-electron chi connectivity index (χ4n) is 2.73. The first-order chi connectivity index (χ1) is 9.45. The third-order valence-electron chi connectivity index (χ3n) is 4.09. The lowest BCUT2D eigenvalue weighted by Gasteiger charge is -2.38. The Bertz CT molecular complexity index is 335. The fourth-order valence-corrected chi connectivity index (χ4v) is 2.73. The van der Waals surface area contributed by atoms with Gasteiger partial charge in [0.1, 0.15) is 0 Å². The van der Waals surface area contributed by atoms with E-state index in [2.05, 4.69) is 29.4 Å². The zero-order valence-corrected chi connectivity index (χ0v) is 12.8. The Hall–Kier alpha value is -1.14. The lowest BCUT2D eigenvalue weighted by atomic mass is 9.90.